The number of methoxy groups -OCH3 is 1. The SMILES string of the molecule is COc1cc(-n2cnc(Nc3nc(N4CCC[C@H]4CO)c4c(C)cn(C5CCC5)c4n3)c2)cc(C)c1C. The molecule has 2 fully saturated rings. The lowest BCUT2D eigenvalue weighted by atomic mass is 9.93. The zero-order valence-electron chi connectivity index (χ0n) is 22.0. The minimum Gasteiger partial charge on any atom is -0.496 e. The van der Waals surface area contributed by atoms with E-state index in [4.69, 9.17) is 14.7 Å². The summed E-state index contributed by atoms with van der Waals surface area (Å²) in [6.07, 6.45) is 11.6. The van der Waals surface area contributed by atoms with Gasteiger partial charge in [0, 0.05) is 24.8 Å². The molecule has 9 nitrogen and oxygen atoms in total. The first kappa shape index (κ1) is 23.8. The number of nitrogens with zero attached hydrogens (tertiary/aromatic N) is 6. The Labute approximate surface area is 217 Å². The highest BCUT2D eigenvalue weighted by Gasteiger charge is 2.30. The minimum absolute atomic E-state index is 0.0800. The van der Waals surface area contributed by atoms with Gasteiger partial charge in [0.15, 0.2) is 5.82 Å². The number of anilines is 3. The highest BCUT2D eigenvalue weighted by molar-refractivity contribution is 5.93. The Morgan fingerprint density at radius 2 is 1.89 bits per heavy atom. The van der Waals surface area contributed by atoms with Gasteiger partial charge in [-0.2, -0.15) is 9.97 Å². The molecule has 0 unspecified atom stereocenters. The molecule has 2 aliphatic rings. The molecule has 4 aromatic rings. The number of aliphatic hydroxyl groups excluding tert-OH is 1. The van der Waals surface area contributed by atoms with Gasteiger partial charge in [0.2, 0.25) is 5.95 Å². The van der Waals surface area contributed by atoms with E-state index in [1.807, 2.05) is 16.8 Å². The maximum atomic E-state index is 10.0. The van der Waals surface area contributed by atoms with E-state index in [9.17, 15) is 5.11 Å². The van der Waals surface area contributed by atoms with Gasteiger partial charge < -0.3 is 29.2 Å². The van der Waals surface area contributed by atoms with Crippen LogP contribution in [0.4, 0.5) is 17.6 Å². The number of rotatable bonds is 7. The molecule has 1 saturated carbocycles. The van der Waals surface area contributed by atoms with Gasteiger partial charge in [-0.1, -0.05) is 0 Å². The number of imidazole rings is 1. The number of hydrogen-bond acceptors (Lipinski definition) is 7. The summed E-state index contributed by atoms with van der Waals surface area (Å²) >= 11 is 0. The molecule has 0 spiro atoms. The molecule has 1 aromatic carbocycles. The van der Waals surface area contributed by atoms with Gasteiger partial charge in [-0.3, -0.25) is 0 Å². The highest BCUT2D eigenvalue weighted by atomic mass is 16.5. The Morgan fingerprint density at radius 1 is 1.05 bits per heavy atom. The topological polar surface area (TPSA) is 93.3 Å². The lowest BCUT2D eigenvalue weighted by Crippen LogP contribution is -2.33. The van der Waals surface area contributed by atoms with Crippen molar-refractivity contribution >= 4 is 28.6 Å². The highest BCUT2D eigenvalue weighted by Crippen LogP contribution is 2.39. The van der Waals surface area contributed by atoms with E-state index >= 15 is 0 Å². The van der Waals surface area contributed by atoms with E-state index in [-0.39, 0.29) is 12.6 Å². The third-order valence-corrected chi connectivity index (χ3v) is 8.12. The van der Waals surface area contributed by atoms with Gasteiger partial charge in [0.05, 0.1) is 37.0 Å². The number of fused-ring (bicyclic) bond motifs is 1. The number of benzene rings is 1. The zero-order valence-corrected chi connectivity index (χ0v) is 22.0. The van der Waals surface area contributed by atoms with Gasteiger partial charge in [-0.05, 0) is 75.6 Å². The summed E-state index contributed by atoms with van der Waals surface area (Å²) in [5, 5.41) is 14.5. The molecular weight excluding hydrogens is 466 g/mol. The van der Waals surface area contributed by atoms with Gasteiger partial charge in [-0.15, -0.1) is 0 Å². The van der Waals surface area contributed by atoms with Crippen LogP contribution in [-0.2, 0) is 0 Å². The van der Waals surface area contributed by atoms with Gasteiger partial charge in [0.1, 0.15) is 23.5 Å². The summed E-state index contributed by atoms with van der Waals surface area (Å²) in [5.41, 5.74) is 5.41. The molecule has 0 amide bonds. The molecule has 4 heterocycles. The van der Waals surface area contributed by atoms with E-state index in [1.54, 1.807) is 13.4 Å². The van der Waals surface area contributed by atoms with Crippen LogP contribution in [0.1, 0.15) is 54.8 Å². The Morgan fingerprint density at radius 3 is 2.62 bits per heavy atom. The molecule has 6 rings (SSSR count). The third kappa shape index (κ3) is 4.11. The molecule has 1 saturated heterocycles. The average Bonchev–Trinajstić information content (AvgIpc) is 3.59. The summed E-state index contributed by atoms with van der Waals surface area (Å²) in [7, 11) is 1.69. The Bertz CT molecular complexity index is 1450. The van der Waals surface area contributed by atoms with Crippen molar-refractivity contribution in [3.8, 4) is 11.4 Å². The van der Waals surface area contributed by atoms with Crippen LogP contribution in [0.5, 0.6) is 5.75 Å². The second-order valence-electron chi connectivity index (χ2n) is 10.4. The van der Waals surface area contributed by atoms with Crippen LogP contribution in [0.25, 0.3) is 16.7 Å². The summed E-state index contributed by atoms with van der Waals surface area (Å²) in [4.78, 5) is 16.8. The number of aryl methyl sites for hydroxylation is 2. The normalized spacial score (nSPS) is 18.0. The smallest absolute Gasteiger partial charge is 0.232 e. The summed E-state index contributed by atoms with van der Waals surface area (Å²) in [6, 6.07) is 4.71. The summed E-state index contributed by atoms with van der Waals surface area (Å²) < 4.78 is 9.86. The van der Waals surface area contributed by atoms with E-state index in [1.165, 1.54) is 24.8 Å². The number of aliphatic hydroxyl groups is 1. The maximum Gasteiger partial charge on any atom is 0.232 e. The molecule has 0 radical (unpaired) electrons. The Balaban J connectivity index is 1.39. The predicted molar refractivity (Wildman–Crippen MR) is 145 cm³/mol. The fourth-order valence-electron chi connectivity index (χ4n) is 5.64. The second-order valence-corrected chi connectivity index (χ2v) is 10.4. The molecular formula is C28H35N7O2. The van der Waals surface area contributed by atoms with Crippen LogP contribution in [-0.4, -0.2) is 55.5 Å². The molecule has 194 valence electrons. The van der Waals surface area contributed by atoms with Crippen LogP contribution in [0.15, 0.2) is 30.9 Å². The molecule has 3 aromatic heterocycles. The molecule has 1 atom stereocenters. The van der Waals surface area contributed by atoms with E-state index in [0.29, 0.717) is 17.8 Å². The Hall–Kier alpha value is -3.59. The number of aromatic nitrogens is 5. The standard InChI is InChI=1S/C28H35N7O2/c1-17-11-22(12-23(37-4)19(17)3)33-14-24(29-16-33)30-28-31-26(34-10-6-9-21(34)15-36)25-18(2)13-35(27(25)32-28)20-7-5-8-20/h11-14,16,20-21,36H,5-10,15H2,1-4H3,(H,30,31,32)/t21-/m0/s1. The van der Waals surface area contributed by atoms with Crippen molar-refractivity contribution in [2.24, 2.45) is 0 Å². The minimum atomic E-state index is 0.0800. The van der Waals surface area contributed by atoms with Crippen molar-refractivity contribution in [3.63, 3.8) is 0 Å². The quantitative estimate of drug-likeness (QED) is 0.369. The Kier molecular flexibility index (Phi) is 6.03. The van der Waals surface area contributed by atoms with E-state index in [0.717, 1.165) is 58.8 Å². The van der Waals surface area contributed by atoms with Gasteiger partial charge >= 0.3 is 0 Å². The van der Waals surface area contributed by atoms with Crippen LogP contribution in [0, 0.1) is 20.8 Å². The first-order chi connectivity index (χ1) is 18.0. The van der Waals surface area contributed by atoms with Crippen molar-refractivity contribution in [1.29, 1.82) is 0 Å². The number of nitrogens with one attached hydrogen (secondary N) is 1. The predicted octanol–water partition coefficient (Wildman–Crippen LogP) is 4.98. The largest absolute Gasteiger partial charge is 0.496 e. The average molecular weight is 502 g/mol. The van der Waals surface area contributed by atoms with Crippen LogP contribution >= 0.6 is 0 Å². The first-order valence-corrected chi connectivity index (χ1v) is 13.2. The van der Waals surface area contributed by atoms with Crippen LogP contribution in [0.3, 0.4) is 0 Å². The van der Waals surface area contributed by atoms with Crippen molar-refractivity contribution in [1.82, 2.24) is 24.1 Å². The van der Waals surface area contributed by atoms with E-state index in [2.05, 4.69) is 52.8 Å². The molecule has 1 aliphatic carbocycles. The molecule has 0 bridgehead atoms. The van der Waals surface area contributed by atoms with Crippen molar-refractivity contribution < 1.29 is 9.84 Å². The monoisotopic (exact) mass is 501 g/mol. The maximum absolute atomic E-state index is 10.0. The van der Waals surface area contributed by atoms with Crippen molar-refractivity contribution in [2.75, 3.05) is 30.5 Å². The van der Waals surface area contributed by atoms with E-state index < -0.39 is 0 Å². The third-order valence-electron chi connectivity index (χ3n) is 8.12. The molecule has 2 N–H and O–H groups in total. The fraction of sp³-hybridized carbons (Fsp3) is 0.464. The second kappa shape index (κ2) is 9.37. The molecule has 9 heteroatoms. The molecule has 37 heavy (non-hydrogen) atoms. The van der Waals surface area contributed by atoms with Gasteiger partial charge in [0.25, 0.3) is 0 Å². The lowest BCUT2D eigenvalue weighted by Gasteiger charge is -2.28. The van der Waals surface area contributed by atoms with Crippen molar-refractivity contribution in [2.45, 2.75) is 65.0 Å². The van der Waals surface area contributed by atoms with Crippen LogP contribution in [0.2, 0.25) is 0 Å². The fourth-order valence-corrected chi connectivity index (χ4v) is 5.64. The number of ether oxygens (including phenoxy) is 1. The first-order valence-electron chi connectivity index (χ1n) is 13.2. The summed E-state index contributed by atoms with van der Waals surface area (Å²) in [5.74, 6) is 2.94. The lowest BCUT2D eigenvalue weighted by molar-refractivity contribution is 0.266. The van der Waals surface area contributed by atoms with Gasteiger partial charge in [-0.25, -0.2) is 4.98 Å². The number of hydrogen-bond donors (Lipinski definition) is 2. The summed E-state index contributed by atoms with van der Waals surface area (Å²) in [6.45, 7) is 7.29. The van der Waals surface area contributed by atoms with Crippen molar-refractivity contribution in [3.05, 3.63) is 47.5 Å². The zero-order chi connectivity index (χ0) is 25.7. The van der Waals surface area contributed by atoms with Crippen LogP contribution < -0.4 is 15.0 Å². The molecule has 1 aliphatic heterocycles.